The number of para-hydroxylation sites is 1. The zero-order valence-corrected chi connectivity index (χ0v) is 13.5. The number of rotatable bonds is 6. The van der Waals surface area contributed by atoms with Crippen molar-refractivity contribution in [1.29, 1.82) is 0 Å². The molecule has 0 saturated heterocycles. The van der Waals surface area contributed by atoms with E-state index in [9.17, 15) is 13.6 Å². The van der Waals surface area contributed by atoms with Crippen LogP contribution in [0, 0.1) is 11.6 Å². The Morgan fingerprint density at radius 1 is 1.08 bits per heavy atom. The molecule has 2 aromatic carbocycles. The number of hydrogen-bond donors (Lipinski definition) is 3. The first-order valence-electron chi connectivity index (χ1n) is 7.69. The number of hydrogen-bond acceptors (Lipinski definition) is 5. The van der Waals surface area contributed by atoms with Crippen LogP contribution in [0.4, 0.5) is 26.2 Å². The molecule has 3 aromatic rings. The Hall–Kier alpha value is -3.55. The summed E-state index contributed by atoms with van der Waals surface area (Å²) >= 11 is 0. The first-order valence-corrected chi connectivity index (χ1v) is 7.69. The lowest BCUT2D eigenvalue weighted by atomic mass is 10.2. The fourth-order valence-corrected chi connectivity index (χ4v) is 2.23. The number of nitrogens with two attached hydrogens (primary N) is 1. The normalized spacial score (nSPS) is 10.4. The highest BCUT2D eigenvalue weighted by molar-refractivity contribution is 5.98. The van der Waals surface area contributed by atoms with Crippen LogP contribution in [0.2, 0.25) is 0 Å². The molecule has 3 rings (SSSR count). The molecule has 0 spiro atoms. The molecule has 0 atom stereocenters. The van der Waals surface area contributed by atoms with Crippen LogP contribution in [0.3, 0.4) is 0 Å². The molecule has 0 aliphatic heterocycles. The average molecular weight is 355 g/mol. The van der Waals surface area contributed by atoms with Crippen molar-refractivity contribution in [1.82, 2.24) is 9.97 Å². The molecular weight excluding hydrogens is 340 g/mol. The van der Waals surface area contributed by atoms with Gasteiger partial charge in [0.15, 0.2) is 11.6 Å². The fourth-order valence-electron chi connectivity index (χ4n) is 2.23. The van der Waals surface area contributed by atoms with Crippen LogP contribution in [-0.2, 0) is 6.54 Å². The van der Waals surface area contributed by atoms with Crippen LogP contribution in [0.1, 0.15) is 15.9 Å². The fraction of sp³-hybridized carbons (Fsp3) is 0.0556. The largest absolute Gasteiger partial charge is 0.365 e. The number of amides is 1. The maximum atomic E-state index is 13.3. The van der Waals surface area contributed by atoms with Gasteiger partial charge in [-0.05, 0) is 29.8 Å². The van der Waals surface area contributed by atoms with Gasteiger partial charge < -0.3 is 16.4 Å². The zero-order valence-electron chi connectivity index (χ0n) is 13.5. The number of aromatic nitrogens is 2. The number of nitrogens with one attached hydrogen (secondary N) is 2. The van der Waals surface area contributed by atoms with Gasteiger partial charge in [0.1, 0.15) is 11.4 Å². The van der Waals surface area contributed by atoms with Crippen molar-refractivity contribution in [3.8, 4) is 0 Å². The Morgan fingerprint density at radius 2 is 1.85 bits per heavy atom. The van der Waals surface area contributed by atoms with Crippen molar-refractivity contribution < 1.29 is 13.6 Å². The number of benzene rings is 2. The van der Waals surface area contributed by atoms with E-state index in [1.165, 1.54) is 12.3 Å². The van der Waals surface area contributed by atoms with Gasteiger partial charge >= 0.3 is 0 Å². The SMILES string of the molecule is NC(=O)c1cnc(NCc2ccc(F)c(F)c2)nc1Nc1ccccc1. The van der Waals surface area contributed by atoms with Crippen LogP contribution in [-0.4, -0.2) is 15.9 Å². The summed E-state index contributed by atoms with van der Waals surface area (Å²) in [5.74, 6) is -2.06. The van der Waals surface area contributed by atoms with Crippen molar-refractivity contribution in [3.05, 3.63) is 77.5 Å². The predicted octanol–water partition coefficient (Wildman–Crippen LogP) is 3.21. The molecule has 1 heterocycles. The highest BCUT2D eigenvalue weighted by Crippen LogP contribution is 2.19. The van der Waals surface area contributed by atoms with Gasteiger partial charge in [0.2, 0.25) is 5.95 Å². The Kier molecular flexibility index (Phi) is 5.02. The van der Waals surface area contributed by atoms with E-state index in [-0.39, 0.29) is 23.9 Å². The lowest BCUT2D eigenvalue weighted by Crippen LogP contribution is -2.16. The highest BCUT2D eigenvalue weighted by atomic mass is 19.2. The van der Waals surface area contributed by atoms with Gasteiger partial charge in [-0.2, -0.15) is 4.98 Å². The molecular formula is C18H15F2N5O. The predicted molar refractivity (Wildman–Crippen MR) is 94.0 cm³/mol. The van der Waals surface area contributed by atoms with Gasteiger partial charge in [0, 0.05) is 18.4 Å². The molecule has 4 N–H and O–H groups in total. The number of halogens is 2. The summed E-state index contributed by atoms with van der Waals surface area (Å²) in [6, 6.07) is 12.7. The third-order valence-electron chi connectivity index (χ3n) is 3.53. The summed E-state index contributed by atoms with van der Waals surface area (Å²) in [5.41, 5.74) is 6.73. The molecule has 0 bridgehead atoms. The van der Waals surface area contributed by atoms with E-state index in [1.54, 1.807) is 12.1 Å². The zero-order chi connectivity index (χ0) is 18.5. The number of carbonyl (C=O) groups is 1. The second-order valence-electron chi connectivity index (χ2n) is 5.41. The van der Waals surface area contributed by atoms with Crippen LogP contribution in [0.25, 0.3) is 0 Å². The van der Waals surface area contributed by atoms with Gasteiger partial charge in [0.05, 0.1) is 0 Å². The lowest BCUT2D eigenvalue weighted by Gasteiger charge is -2.11. The minimum Gasteiger partial charge on any atom is -0.365 e. The molecule has 8 heteroatoms. The number of primary amides is 1. The Balaban J connectivity index is 1.80. The van der Waals surface area contributed by atoms with E-state index in [4.69, 9.17) is 5.73 Å². The van der Waals surface area contributed by atoms with Crippen molar-refractivity contribution >= 4 is 23.4 Å². The van der Waals surface area contributed by atoms with E-state index in [0.29, 0.717) is 5.56 Å². The van der Waals surface area contributed by atoms with E-state index in [0.717, 1.165) is 17.8 Å². The highest BCUT2D eigenvalue weighted by Gasteiger charge is 2.12. The summed E-state index contributed by atoms with van der Waals surface area (Å²) in [4.78, 5) is 19.8. The minimum atomic E-state index is -0.930. The maximum absolute atomic E-state index is 13.3. The smallest absolute Gasteiger partial charge is 0.254 e. The maximum Gasteiger partial charge on any atom is 0.254 e. The summed E-state index contributed by atoms with van der Waals surface area (Å²) < 4.78 is 26.2. The van der Waals surface area contributed by atoms with Gasteiger partial charge in [-0.1, -0.05) is 24.3 Å². The molecule has 0 aliphatic carbocycles. The summed E-state index contributed by atoms with van der Waals surface area (Å²) in [7, 11) is 0. The molecule has 0 fully saturated rings. The average Bonchev–Trinajstić information content (AvgIpc) is 2.63. The van der Waals surface area contributed by atoms with Gasteiger partial charge in [-0.25, -0.2) is 13.8 Å². The Bertz CT molecular complexity index is 934. The second kappa shape index (κ2) is 7.56. The van der Waals surface area contributed by atoms with E-state index in [1.807, 2.05) is 18.2 Å². The topological polar surface area (TPSA) is 92.9 Å². The van der Waals surface area contributed by atoms with Crippen molar-refractivity contribution in [2.45, 2.75) is 6.54 Å². The lowest BCUT2D eigenvalue weighted by molar-refractivity contribution is 0.100. The summed E-state index contributed by atoms with van der Waals surface area (Å²) in [5, 5.41) is 5.90. The van der Waals surface area contributed by atoms with Crippen molar-refractivity contribution in [3.63, 3.8) is 0 Å². The molecule has 26 heavy (non-hydrogen) atoms. The Morgan fingerprint density at radius 3 is 2.54 bits per heavy atom. The van der Waals surface area contributed by atoms with Crippen LogP contribution in [0.5, 0.6) is 0 Å². The van der Waals surface area contributed by atoms with Crippen LogP contribution in [0.15, 0.2) is 54.7 Å². The van der Waals surface area contributed by atoms with Crippen molar-refractivity contribution in [2.75, 3.05) is 10.6 Å². The third-order valence-corrected chi connectivity index (χ3v) is 3.53. The molecule has 6 nitrogen and oxygen atoms in total. The second-order valence-corrected chi connectivity index (χ2v) is 5.41. The first-order chi connectivity index (χ1) is 12.5. The van der Waals surface area contributed by atoms with E-state index in [2.05, 4.69) is 20.6 Å². The Labute approximate surface area is 148 Å². The first kappa shape index (κ1) is 17.3. The van der Waals surface area contributed by atoms with Gasteiger partial charge in [-0.15, -0.1) is 0 Å². The summed E-state index contributed by atoms with van der Waals surface area (Å²) in [6.45, 7) is 0.178. The number of anilines is 3. The quantitative estimate of drug-likeness (QED) is 0.631. The monoisotopic (exact) mass is 355 g/mol. The molecule has 1 aromatic heterocycles. The van der Waals surface area contributed by atoms with Gasteiger partial charge in [-0.3, -0.25) is 4.79 Å². The third kappa shape index (κ3) is 4.10. The van der Waals surface area contributed by atoms with Crippen LogP contribution >= 0.6 is 0 Å². The molecule has 1 amide bonds. The summed E-state index contributed by atoms with van der Waals surface area (Å²) in [6.07, 6.45) is 1.30. The number of carbonyl (C=O) groups excluding carboxylic acids is 1. The molecule has 0 unspecified atom stereocenters. The molecule has 132 valence electrons. The van der Waals surface area contributed by atoms with E-state index >= 15 is 0 Å². The minimum absolute atomic E-state index is 0.132. The standard InChI is InChI=1S/C18H15F2N5O/c19-14-7-6-11(8-15(14)20)9-22-18-23-10-13(16(21)26)17(25-18)24-12-4-2-1-3-5-12/h1-8,10H,9H2,(H2,21,26)(H2,22,23,24,25). The molecule has 0 radical (unpaired) electrons. The van der Waals surface area contributed by atoms with Crippen LogP contribution < -0.4 is 16.4 Å². The molecule has 0 saturated carbocycles. The van der Waals surface area contributed by atoms with Crippen molar-refractivity contribution in [2.24, 2.45) is 5.73 Å². The van der Waals surface area contributed by atoms with Gasteiger partial charge in [0.25, 0.3) is 5.91 Å². The number of nitrogens with zero attached hydrogens (tertiary/aromatic N) is 2. The van der Waals surface area contributed by atoms with E-state index < -0.39 is 17.5 Å². The molecule has 0 aliphatic rings.